The Balaban J connectivity index is 1.45. The van der Waals surface area contributed by atoms with Crippen LogP contribution in [0.15, 0.2) is 42.6 Å². The van der Waals surface area contributed by atoms with Gasteiger partial charge in [0.15, 0.2) is 0 Å². The van der Waals surface area contributed by atoms with Crippen molar-refractivity contribution in [3.63, 3.8) is 0 Å². The van der Waals surface area contributed by atoms with Crippen molar-refractivity contribution in [2.24, 2.45) is 0 Å². The van der Waals surface area contributed by atoms with Gasteiger partial charge in [0.05, 0.1) is 13.1 Å². The standard InChI is InChI=1S/C20H22N4O3/c25-18-12-24(10-9-22-18)15-6-8-21-17(11-15)19(26)23-13-20(27)7-5-14-3-1-2-4-16(14)20/h1-4,6,8,11,27H,5,7,9-10,12-13H2,(H,22,25)(H,23,26)/t20-/m0/s1. The highest BCUT2D eigenvalue weighted by Crippen LogP contribution is 2.36. The third kappa shape index (κ3) is 3.50. The number of nitrogens with zero attached hydrogens (tertiary/aromatic N) is 2. The van der Waals surface area contributed by atoms with Gasteiger partial charge in [-0.05, 0) is 36.1 Å². The van der Waals surface area contributed by atoms with Crippen LogP contribution in [-0.4, -0.2) is 48.1 Å². The van der Waals surface area contributed by atoms with Crippen molar-refractivity contribution in [1.29, 1.82) is 0 Å². The Morgan fingerprint density at radius 3 is 3.04 bits per heavy atom. The summed E-state index contributed by atoms with van der Waals surface area (Å²) in [5, 5.41) is 16.5. The number of carbonyl (C=O) groups excluding carboxylic acids is 2. The molecule has 1 aromatic heterocycles. The van der Waals surface area contributed by atoms with Crippen LogP contribution in [0, 0.1) is 0 Å². The van der Waals surface area contributed by atoms with Crippen LogP contribution < -0.4 is 15.5 Å². The highest BCUT2D eigenvalue weighted by Gasteiger charge is 2.36. The summed E-state index contributed by atoms with van der Waals surface area (Å²) in [7, 11) is 0. The van der Waals surface area contributed by atoms with E-state index >= 15 is 0 Å². The van der Waals surface area contributed by atoms with Crippen LogP contribution in [0.25, 0.3) is 0 Å². The predicted molar refractivity (Wildman–Crippen MR) is 100 cm³/mol. The molecule has 2 aliphatic rings. The molecule has 2 amide bonds. The van der Waals surface area contributed by atoms with E-state index in [4.69, 9.17) is 0 Å². The van der Waals surface area contributed by atoms with Gasteiger partial charge in [0, 0.05) is 25.0 Å². The number of hydrogen-bond acceptors (Lipinski definition) is 5. The van der Waals surface area contributed by atoms with Gasteiger partial charge in [-0.3, -0.25) is 14.6 Å². The molecule has 1 fully saturated rings. The first-order valence-corrected chi connectivity index (χ1v) is 9.12. The van der Waals surface area contributed by atoms with Gasteiger partial charge in [0.2, 0.25) is 5.91 Å². The van der Waals surface area contributed by atoms with Crippen LogP contribution in [0.1, 0.15) is 28.0 Å². The van der Waals surface area contributed by atoms with Gasteiger partial charge < -0.3 is 20.6 Å². The SMILES string of the molecule is O=C1CN(c2ccnc(C(=O)NC[C@@]3(O)CCc4ccccc43)c2)CCN1. The van der Waals surface area contributed by atoms with Crippen LogP contribution >= 0.6 is 0 Å². The predicted octanol–water partition coefficient (Wildman–Crippen LogP) is 0.582. The molecule has 1 aromatic carbocycles. The van der Waals surface area contributed by atoms with Gasteiger partial charge in [0.25, 0.3) is 5.91 Å². The van der Waals surface area contributed by atoms with Gasteiger partial charge in [-0.2, -0.15) is 0 Å². The van der Waals surface area contributed by atoms with Gasteiger partial charge in [-0.1, -0.05) is 24.3 Å². The molecule has 27 heavy (non-hydrogen) atoms. The van der Waals surface area contributed by atoms with Crippen molar-refractivity contribution < 1.29 is 14.7 Å². The van der Waals surface area contributed by atoms with Gasteiger partial charge in [-0.25, -0.2) is 0 Å². The highest BCUT2D eigenvalue weighted by atomic mass is 16.3. The van der Waals surface area contributed by atoms with E-state index in [1.165, 1.54) is 0 Å². The number of aryl methyl sites for hydroxylation is 1. The fourth-order valence-electron chi connectivity index (χ4n) is 3.77. The van der Waals surface area contributed by atoms with Gasteiger partial charge in [-0.15, -0.1) is 0 Å². The summed E-state index contributed by atoms with van der Waals surface area (Å²) in [6, 6.07) is 11.2. The Hall–Kier alpha value is -2.93. The van der Waals surface area contributed by atoms with Crippen LogP contribution in [0.5, 0.6) is 0 Å². The van der Waals surface area contributed by atoms with E-state index in [9.17, 15) is 14.7 Å². The third-order valence-corrected chi connectivity index (χ3v) is 5.25. The third-order valence-electron chi connectivity index (χ3n) is 5.25. The quantitative estimate of drug-likeness (QED) is 0.736. The Morgan fingerprint density at radius 2 is 2.19 bits per heavy atom. The first-order chi connectivity index (χ1) is 13.0. The molecule has 0 bridgehead atoms. The number of aliphatic hydroxyl groups is 1. The molecule has 140 valence electrons. The molecule has 0 unspecified atom stereocenters. The van der Waals surface area contributed by atoms with Crippen LogP contribution in [0.2, 0.25) is 0 Å². The van der Waals surface area contributed by atoms with E-state index < -0.39 is 5.60 Å². The average molecular weight is 366 g/mol. The molecule has 2 heterocycles. The molecule has 7 heteroatoms. The molecule has 0 saturated carbocycles. The lowest BCUT2D eigenvalue weighted by molar-refractivity contribution is -0.120. The van der Waals surface area contributed by atoms with Crippen LogP contribution in [0.4, 0.5) is 5.69 Å². The van der Waals surface area contributed by atoms with Gasteiger partial charge >= 0.3 is 0 Å². The minimum Gasteiger partial charge on any atom is -0.383 e. The maximum atomic E-state index is 12.6. The van der Waals surface area contributed by atoms with E-state index in [2.05, 4.69) is 15.6 Å². The molecule has 2 aromatic rings. The van der Waals surface area contributed by atoms with E-state index in [1.807, 2.05) is 29.2 Å². The lowest BCUT2D eigenvalue weighted by atomic mass is 9.96. The summed E-state index contributed by atoms with van der Waals surface area (Å²) in [6.07, 6.45) is 2.95. The Labute approximate surface area is 157 Å². The number of nitrogens with one attached hydrogen (secondary N) is 2. The molecule has 1 atom stereocenters. The van der Waals surface area contributed by atoms with Crippen molar-refractivity contribution in [3.8, 4) is 0 Å². The second-order valence-electron chi connectivity index (χ2n) is 7.04. The topological polar surface area (TPSA) is 94.6 Å². The van der Waals surface area contributed by atoms with Crippen molar-refractivity contribution in [1.82, 2.24) is 15.6 Å². The lowest BCUT2D eigenvalue weighted by Crippen LogP contribution is -2.47. The molecular weight excluding hydrogens is 344 g/mol. The Morgan fingerprint density at radius 1 is 1.33 bits per heavy atom. The maximum absolute atomic E-state index is 12.6. The number of rotatable bonds is 4. The molecule has 0 spiro atoms. The maximum Gasteiger partial charge on any atom is 0.270 e. The van der Waals surface area contributed by atoms with Crippen LogP contribution in [-0.2, 0) is 16.8 Å². The first-order valence-electron chi connectivity index (χ1n) is 9.12. The number of piperazine rings is 1. The largest absolute Gasteiger partial charge is 0.383 e. The summed E-state index contributed by atoms with van der Waals surface area (Å²) in [5.74, 6) is -0.373. The van der Waals surface area contributed by atoms with E-state index in [-0.39, 0.29) is 30.6 Å². The summed E-state index contributed by atoms with van der Waals surface area (Å²) in [6.45, 7) is 1.67. The van der Waals surface area contributed by atoms with Crippen molar-refractivity contribution in [3.05, 3.63) is 59.4 Å². The summed E-state index contributed by atoms with van der Waals surface area (Å²) < 4.78 is 0. The number of hydrogen-bond donors (Lipinski definition) is 3. The number of carbonyl (C=O) groups is 2. The second kappa shape index (κ2) is 7.00. The fraction of sp³-hybridized carbons (Fsp3) is 0.350. The van der Waals surface area contributed by atoms with Crippen LogP contribution in [0.3, 0.4) is 0 Å². The summed E-state index contributed by atoms with van der Waals surface area (Å²) in [4.78, 5) is 30.2. The number of amides is 2. The number of benzene rings is 1. The van der Waals surface area contributed by atoms with E-state index in [0.29, 0.717) is 19.5 Å². The average Bonchev–Trinajstić information content (AvgIpc) is 3.04. The molecule has 7 nitrogen and oxygen atoms in total. The van der Waals surface area contributed by atoms with E-state index in [0.717, 1.165) is 23.2 Å². The zero-order valence-electron chi connectivity index (χ0n) is 14.9. The van der Waals surface area contributed by atoms with Crippen molar-refractivity contribution in [2.45, 2.75) is 18.4 Å². The summed E-state index contributed by atoms with van der Waals surface area (Å²) >= 11 is 0. The summed E-state index contributed by atoms with van der Waals surface area (Å²) in [5.41, 5.74) is 2.02. The second-order valence-corrected chi connectivity index (χ2v) is 7.04. The minimum absolute atomic E-state index is 0.0359. The van der Waals surface area contributed by atoms with Crippen molar-refractivity contribution >= 4 is 17.5 Å². The van der Waals surface area contributed by atoms with E-state index in [1.54, 1.807) is 18.3 Å². The van der Waals surface area contributed by atoms with Gasteiger partial charge in [0.1, 0.15) is 11.3 Å². The number of fused-ring (bicyclic) bond motifs is 1. The Kier molecular flexibility index (Phi) is 4.53. The molecular formula is C20H22N4O3. The van der Waals surface area contributed by atoms with Crippen molar-refractivity contribution in [2.75, 3.05) is 31.1 Å². The molecule has 1 aliphatic carbocycles. The number of aromatic nitrogens is 1. The molecule has 1 saturated heterocycles. The lowest BCUT2D eigenvalue weighted by Gasteiger charge is -2.28. The molecule has 0 radical (unpaired) electrons. The molecule has 1 aliphatic heterocycles. The molecule has 3 N–H and O–H groups in total. The zero-order valence-corrected chi connectivity index (χ0v) is 14.9. The number of pyridine rings is 1. The monoisotopic (exact) mass is 366 g/mol. The number of anilines is 1. The normalized spacial score (nSPS) is 21.5. The zero-order chi connectivity index (χ0) is 18.9. The highest BCUT2D eigenvalue weighted by molar-refractivity contribution is 5.93. The first kappa shape index (κ1) is 17.5. The fourth-order valence-corrected chi connectivity index (χ4v) is 3.77. The molecule has 4 rings (SSSR count). The Bertz CT molecular complexity index is 885. The smallest absolute Gasteiger partial charge is 0.270 e. The minimum atomic E-state index is -1.05.